The van der Waals surface area contributed by atoms with Crippen molar-refractivity contribution in [3.8, 4) is 33.4 Å². The van der Waals surface area contributed by atoms with Crippen LogP contribution in [0.25, 0.3) is 87.6 Å². The summed E-state index contributed by atoms with van der Waals surface area (Å²) in [5.74, 6) is 0. The molecule has 0 N–H and O–H groups in total. The molecule has 0 unspecified atom stereocenters. The number of benzene rings is 10. The minimum atomic E-state index is -0.607. The molecule has 0 bridgehead atoms. The molecule has 0 saturated heterocycles. The van der Waals surface area contributed by atoms with Gasteiger partial charge < -0.3 is 4.42 Å². The maximum absolute atomic E-state index is 7.12. The molecule has 0 spiro atoms. The van der Waals surface area contributed by atoms with E-state index in [1.54, 1.807) is 0 Å². The third-order valence-electron chi connectivity index (χ3n) is 12.1. The molecule has 1 nitrogen and oxygen atoms in total. The van der Waals surface area contributed by atoms with Crippen LogP contribution < -0.4 is 0 Å². The van der Waals surface area contributed by atoms with Gasteiger partial charge in [-0.15, -0.1) is 0 Å². The van der Waals surface area contributed by atoms with E-state index < -0.39 is 5.41 Å². The third kappa shape index (κ3) is 3.88. The second-order valence-corrected chi connectivity index (χ2v) is 14.7. The number of para-hydroxylation sites is 1. The molecule has 12 rings (SSSR count). The fraction of sp³-hybridized carbons (Fsp3) is 0.0189. The summed E-state index contributed by atoms with van der Waals surface area (Å²) in [4.78, 5) is 0. The van der Waals surface area contributed by atoms with E-state index in [0.29, 0.717) is 0 Å². The second kappa shape index (κ2) is 11.0. The summed E-state index contributed by atoms with van der Waals surface area (Å²) in [6, 6.07) is 71.5. The average Bonchev–Trinajstić information content (AvgIpc) is 3.77. The number of hydrogen-bond donors (Lipinski definition) is 0. The summed E-state index contributed by atoms with van der Waals surface area (Å²) in [6.45, 7) is 0. The summed E-state index contributed by atoms with van der Waals surface area (Å²) in [6.07, 6.45) is 0. The van der Waals surface area contributed by atoms with E-state index in [1.165, 1.54) is 88.0 Å². The van der Waals surface area contributed by atoms with Crippen LogP contribution in [0, 0.1) is 0 Å². The Kier molecular flexibility index (Phi) is 6.04. The fourth-order valence-corrected chi connectivity index (χ4v) is 9.84. The van der Waals surface area contributed by atoms with Crippen LogP contribution in [0.15, 0.2) is 199 Å². The molecule has 1 heterocycles. The Morgan fingerprint density at radius 1 is 0.352 bits per heavy atom. The van der Waals surface area contributed by atoms with Crippen molar-refractivity contribution in [2.75, 3.05) is 0 Å². The zero-order valence-corrected chi connectivity index (χ0v) is 29.4. The first kappa shape index (κ1) is 29.6. The minimum Gasteiger partial charge on any atom is -0.455 e. The van der Waals surface area contributed by atoms with Gasteiger partial charge in [-0.05, 0) is 101 Å². The standard InChI is InChI=1S/C53H32O/c1-4-13-33(14-5-1)37-27-30-42-45(31-37)53(38-17-6-2-7-18-38,39-19-8-3-9-20-39)46-32-44(50-43-21-10-11-22-47(43)54-52(50)51(42)46)40-28-25-36-24-23-34-15-12-16-35-26-29-41(40)49(36)48(34)35/h1-32H. The van der Waals surface area contributed by atoms with Gasteiger partial charge in [0.2, 0.25) is 0 Å². The molecule has 11 aromatic rings. The van der Waals surface area contributed by atoms with Gasteiger partial charge in [-0.2, -0.15) is 0 Å². The number of hydrogen-bond acceptors (Lipinski definition) is 1. The van der Waals surface area contributed by atoms with Crippen LogP contribution in [0.3, 0.4) is 0 Å². The molecular weight excluding hydrogens is 653 g/mol. The van der Waals surface area contributed by atoms with Crippen LogP contribution in [-0.2, 0) is 5.41 Å². The van der Waals surface area contributed by atoms with E-state index in [-0.39, 0.29) is 0 Å². The van der Waals surface area contributed by atoms with E-state index in [4.69, 9.17) is 4.42 Å². The summed E-state index contributed by atoms with van der Waals surface area (Å²) in [7, 11) is 0. The molecular formula is C53H32O. The molecule has 1 aromatic heterocycles. The Labute approximate surface area is 312 Å². The van der Waals surface area contributed by atoms with Gasteiger partial charge in [0.15, 0.2) is 0 Å². The predicted octanol–water partition coefficient (Wildman–Crippen LogP) is 14.2. The van der Waals surface area contributed by atoms with Gasteiger partial charge in [0.1, 0.15) is 11.2 Å². The van der Waals surface area contributed by atoms with Crippen molar-refractivity contribution < 1.29 is 4.42 Å². The highest BCUT2D eigenvalue weighted by molar-refractivity contribution is 6.28. The molecule has 1 heteroatoms. The first-order chi connectivity index (χ1) is 26.8. The summed E-state index contributed by atoms with van der Waals surface area (Å²) < 4.78 is 7.12. The minimum absolute atomic E-state index is 0.607. The van der Waals surface area contributed by atoms with Gasteiger partial charge >= 0.3 is 0 Å². The molecule has 54 heavy (non-hydrogen) atoms. The molecule has 0 fully saturated rings. The van der Waals surface area contributed by atoms with Gasteiger partial charge in [-0.25, -0.2) is 0 Å². The Hall–Kier alpha value is -6.96. The van der Waals surface area contributed by atoms with Crippen molar-refractivity contribution >= 4 is 54.3 Å². The van der Waals surface area contributed by atoms with Crippen LogP contribution in [0.4, 0.5) is 0 Å². The lowest BCUT2D eigenvalue weighted by Gasteiger charge is -2.34. The summed E-state index contributed by atoms with van der Waals surface area (Å²) in [5.41, 5.74) is 13.4. The van der Waals surface area contributed by atoms with E-state index in [9.17, 15) is 0 Å². The van der Waals surface area contributed by atoms with Crippen molar-refractivity contribution in [1.82, 2.24) is 0 Å². The van der Waals surface area contributed by atoms with E-state index in [0.717, 1.165) is 21.9 Å². The highest BCUT2D eigenvalue weighted by atomic mass is 16.3. The van der Waals surface area contributed by atoms with Gasteiger partial charge in [-0.3, -0.25) is 0 Å². The normalized spacial score (nSPS) is 13.3. The Morgan fingerprint density at radius 3 is 1.70 bits per heavy atom. The quantitative estimate of drug-likeness (QED) is 0.168. The van der Waals surface area contributed by atoms with E-state index in [2.05, 4.69) is 194 Å². The van der Waals surface area contributed by atoms with Crippen molar-refractivity contribution in [3.63, 3.8) is 0 Å². The lowest BCUT2D eigenvalue weighted by molar-refractivity contribution is 0.669. The number of fused-ring (bicyclic) bond motifs is 7. The van der Waals surface area contributed by atoms with Crippen molar-refractivity contribution in [3.05, 3.63) is 216 Å². The van der Waals surface area contributed by atoms with Crippen molar-refractivity contribution in [2.24, 2.45) is 0 Å². The van der Waals surface area contributed by atoms with Crippen LogP contribution in [0.2, 0.25) is 0 Å². The molecule has 0 aliphatic heterocycles. The second-order valence-electron chi connectivity index (χ2n) is 14.7. The van der Waals surface area contributed by atoms with E-state index in [1.807, 2.05) is 0 Å². The van der Waals surface area contributed by atoms with Crippen molar-refractivity contribution in [2.45, 2.75) is 5.41 Å². The highest BCUT2D eigenvalue weighted by Gasteiger charge is 2.48. The molecule has 0 saturated carbocycles. The number of furan rings is 1. The Morgan fingerprint density at radius 2 is 0.963 bits per heavy atom. The topological polar surface area (TPSA) is 13.1 Å². The van der Waals surface area contributed by atoms with Gasteiger partial charge in [-0.1, -0.05) is 176 Å². The molecule has 1 aliphatic carbocycles. The molecule has 250 valence electrons. The molecule has 0 amide bonds. The maximum atomic E-state index is 7.12. The number of rotatable bonds is 4. The largest absolute Gasteiger partial charge is 0.455 e. The summed E-state index contributed by atoms with van der Waals surface area (Å²) >= 11 is 0. The average molecular weight is 685 g/mol. The maximum Gasteiger partial charge on any atom is 0.144 e. The van der Waals surface area contributed by atoms with Gasteiger partial charge in [0, 0.05) is 16.3 Å². The first-order valence-electron chi connectivity index (χ1n) is 18.8. The molecule has 1 aliphatic rings. The van der Waals surface area contributed by atoms with Crippen molar-refractivity contribution in [1.29, 1.82) is 0 Å². The Bertz CT molecular complexity index is 3190. The smallest absolute Gasteiger partial charge is 0.144 e. The fourth-order valence-electron chi connectivity index (χ4n) is 9.84. The molecule has 10 aromatic carbocycles. The first-order valence-corrected chi connectivity index (χ1v) is 18.8. The van der Waals surface area contributed by atoms with Gasteiger partial charge in [0.05, 0.1) is 5.41 Å². The summed E-state index contributed by atoms with van der Waals surface area (Å²) in [5, 5.41) is 10.0. The molecule has 0 radical (unpaired) electrons. The zero-order chi connectivity index (χ0) is 35.4. The monoisotopic (exact) mass is 684 g/mol. The SMILES string of the molecule is c1ccc(-c2ccc3c(c2)C(c2ccccc2)(c2ccccc2)c2cc(-c4ccc5ccc6cccc7ccc4c5c67)c4c(oc5ccccc54)c2-3)cc1. The Balaban J connectivity index is 1.28. The van der Waals surface area contributed by atoms with E-state index >= 15 is 0 Å². The van der Waals surface area contributed by atoms with Crippen LogP contribution in [0.1, 0.15) is 22.3 Å². The highest BCUT2D eigenvalue weighted by Crippen LogP contribution is 2.60. The predicted molar refractivity (Wildman–Crippen MR) is 226 cm³/mol. The lowest BCUT2D eigenvalue weighted by Crippen LogP contribution is -2.28. The van der Waals surface area contributed by atoms with Crippen LogP contribution >= 0.6 is 0 Å². The zero-order valence-electron chi connectivity index (χ0n) is 29.4. The third-order valence-corrected chi connectivity index (χ3v) is 12.1. The van der Waals surface area contributed by atoms with Gasteiger partial charge in [0.25, 0.3) is 0 Å². The van der Waals surface area contributed by atoms with Crippen LogP contribution in [-0.4, -0.2) is 0 Å². The van der Waals surface area contributed by atoms with Crippen LogP contribution in [0.5, 0.6) is 0 Å². The molecule has 0 atom stereocenters. The lowest BCUT2D eigenvalue weighted by atomic mass is 9.67.